The highest BCUT2D eigenvalue weighted by Gasteiger charge is 2.11. The number of rotatable bonds is 3. The van der Waals surface area contributed by atoms with Crippen molar-refractivity contribution in [2.24, 2.45) is 0 Å². The molecular formula is C13H8FN2O4-. The average molecular weight is 275 g/mol. The predicted octanol–water partition coefficient (Wildman–Crippen LogP) is 2.06. The van der Waals surface area contributed by atoms with E-state index < -0.39 is 22.4 Å². The van der Waals surface area contributed by atoms with Crippen molar-refractivity contribution >= 4 is 17.3 Å². The van der Waals surface area contributed by atoms with Crippen LogP contribution in [0.4, 0.5) is 15.8 Å². The van der Waals surface area contributed by atoms with Crippen molar-refractivity contribution in [3.8, 4) is 5.75 Å². The van der Waals surface area contributed by atoms with E-state index in [1.807, 2.05) is 0 Å². The summed E-state index contributed by atoms with van der Waals surface area (Å²) < 4.78 is 13.0. The van der Waals surface area contributed by atoms with Crippen molar-refractivity contribution in [3.05, 3.63) is 64.0 Å². The third-order valence-electron chi connectivity index (χ3n) is 2.51. The number of anilines is 1. The number of benzene rings is 2. The van der Waals surface area contributed by atoms with Gasteiger partial charge in [-0.1, -0.05) is 17.9 Å². The Balaban J connectivity index is 2.27. The Morgan fingerprint density at radius 3 is 2.60 bits per heavy atom. The maximum atomic E-state index is 13.0. The first kappa shape index (κ1) is 13.5. The van der Waals surface area contributed by atoms with E-state index >= 15 is 0 Å². The summed E-state index contributed by atoms with van der Waals surface area (Å²) in [5.41, 5.74) is -0.538. The van der Waals surface area contributed by atoms with Crippen molar-refractivity contribution in [2.75, 3.05) is 5.32 Å². The van der Waals surface area contributed by atoms with Crippen molar-refractivity contribution in [1.82, 2.24) is 0 Å². The second kappa shape index (κ2) is 5.35. The van der Waals surface area contributed by atoms with Crippen molar-refractivity contribution in [3.63, 3.8) is 0 Å². The number of halogens is 1. The highest BCUT2D eigenvalue weighted by atomic mass is 19.1. The van der Waals surface area contributed by atoms with Crippen molar-refractivity contribution < 1.29 is 19.2 Å². The third-order valence-corrected chi connectivity index (χ3v) is 2.51. The third kappa shape index (κ3) is 2.89. The maximum absolute atomic E-state index is 13.0. The lowest BCUT2D eigenvalue weighted by Gasteiger charge is -2.13. The highest BCUT2D eigenvalue weighted by Crippen LogP contribution is 2.26. The van der Waals surface area contributed by atoms with E-state index in [1.165, 1.54) is 18.2 Å². The van der Waals surface area contributed by atoms with Gasteiger partial charge in [0, 0.05) is 23.4 Å². The minimum atomic E-state index is -0.720. The molecule has 0 bridgehead atoms. The Labute approximate surface area is 112 Å². The molecule has 0 spiro atoms. The van der Waals surface area contributed by atoms with Crippen LogP contribution in [0.5, 0.6) is 5.75 Å². The Morgan fingerprint density at radius 1 is 1.20 bits per heavy atom. The molecule has 20 heavy (non-hydrogen) atoms. The molecule has 1 N–H and O–H groups in total. The van der Waals surface area contributed by atoms with Crippen molar-refractivity contribution in [2.45, 2.75) is 0 Å². The van der Waals surface area contributed by atoms with Crippen LogP contribution in [0.3, 0.4) is 0 Å². The van der Waals surface area contributed by atoms with Gasteiger partial charge in [-0.25, -0.2) is 4.39 Å². The van der Waals surface area contributed by atoms with Crippen molar-refractivity contribution in [1.29, 1.82) is 0 Å². The van der Waals surface area contributed by atoms with Crippen LogP contribution >= 0.6 is 0 Å². The van der Waals surface area contributed by atoms with Crippen LogP contribution in [0, 0.1) is 15.9 Å². The van der Waals surface area contributed by atoms with Gasteiger partial charge in [-0.2, -0.15) is 0 Å². The highest BCUT2D eigenvalue weighted by molar-refractivity contribution is 6.05. The first-order chi connectivity index (χ1) is 9.47. The summed E-state index contributed by atoms with van der Waals surface area (Å²) >= 11 is 0. The minimum Gasteiger partial charge on any atom is -0.871 e. The molecule has 2 aromatic rings. The summed E-state index contributed by atoms with van der Waals surface area (Å²) in [5.74, 6) is -1.89. The number of non-ortho nitro benzene ring substituents is 1. The van der Waals surface area contributed by atoms with Crippen LogP contribution in [0.15, 0.2) is 42.5 Å². The monoisotopic (exact) mass is 275 g/mol. The molecule has 0 unspecified atom stereocenters. The van der Waals surface area contributed by atoms with Crippen LogP contribution in [0.1, 0.15) is 10.4 Å². The number of nitro groups is 1. The standard InChI is InChI=1S/C13H9FN2O4/c14-9-3-1-2-8(6-9)13(18)15-11-7-10(16(19)20)4-5-12(11)17/h1-7,17H,(H,15,18)/p-1. The lowest BCUT2D eigenvalue weighted by atomic mass is 10.2. The fourth-order valence-electron chi connectivity index (χ4n) is 1.55. The van der Waals surface area contributed by atoms with Gasteiger partial charge in [0.15, 0.2) is 0 Å². The summed E-state index contributed by atoms with van der Waals surface area (Å²) in [6, 6.07) is 7.86. The molecule has 0 radical (unpaired) electrons. The fraction of sp³-hybridized carbons (Fsp3) is 0. The van der Waals surface area contributed by atoms with Gasteiger partial charge in [0.2, 0.25) is 0 Å². The topological polar surface area (TPSA) is 95.3 Å². The smallest absolute Gasteiger partial charge is 0.271 e. The van der Waals surface area contributed by atoms with Crippen LogP contribution in [0.25, 0.3) is 0 Å². The molecule has 0 aliphatic rings. The first-order valence-corrected chi connectivity index (χ1v) is 5.50. The molecule has 2 rings (SSSR count). The van der Waals surface area contributed by atoms with E-state index in [9.17, 15) is 24.4 Å². The molecule has 0 saturated carbocycles. The predicted molar refractivity (Wildman–Crippen MR) is 66.9 cm³/mol. The lowest BCUT2D eigenvalue weighted by molar-refractivity contribution is -0.385. The summed E-state index contributed by atoms with van der Waals surface area (Å²) in [5, 5.41) is 24.3. The molecule has 0 heterocycles. The number of carbonyl (C=O) groups excluding carboxylic acids is 1. The van der Waals surface area contributed by atoms with E-state index in [0.29, 0.717) is 0 Å². The van der Waals surface area contributed by atoms with Crippen LogP contribution in [-0.2, 0) is 0 Å². The quantitative estimate of drug-likeness (QED) is 0.685. The van der Waals surface area contributed by atoms with E-state index in [0.717, 1.165) is 24.3 Å². The molecule has 0 fully saturated rings. The van der Waals surface area contributed by atoms with E-state index in [4.69, 9.17) is 0 Å². The second-order valence-corrected chi connectivity index (χ2v) is 3.90. The summed E-state index contributed by atoms with van der Waals surface area (Å²) in [7, 11) is 0. The number of nitrogens with zero attached hydrogens (tertiary/aromatic N) is 1. The Bertz CT molecular complexity index is 688. The van der Waals surface area contributed by atoms with Gasteiger partial charge >= 0.3 is 0 Å². The van der Waals surface area contributed by atoms with Gasteiger partial charge in [0.05, 0.1) is 4.92 Å². The molecular weight excluding hydrogens is 267 g/mol. The molecule has 0 saturated heterocycles. The number of amides is 1. The first-order valence-electron chi connectivity index (χ1n) is 5.50. The summed E-state index contributed by atoms with van der Waals surface area (Å²) in [4.78, 5) is 21.7. The molecule has 102 valence electrons. The van der Waals surface area contributed by atoms with E-state index in [2.05, 4.69) is 5.32 Å². The Morgan fingerprint density at radius 2 is 1.95 bits per heavy atom. The molecule has 0 atom stereocenters. The van der Waals surface area contributed by atoms with E-state index in [-0.39, 0.29) is 16.9 Å². The molecule has 6 nitrogen and oxygen atoms in total. The zero-order valence-electron chi connectivity index (χ0n) is 10.00. The average Bonchev–Trinajstić information content (AvgIpc) is 2.41. The lowest BCUT2D eigenvalue weighted by Crippen LogP contribution is -2.13. The maximum Gasteiger partial charge on any atom is 0.271 e. The number of nitrogens with one attached hydrogen (secondary N) is 1. The normalized spacial score (nSPS) is 10.1. The van der Waals surface area contributed by atoms with Gasteiger partial charge in [0.25, 0.3) is 11.6 Å². The second-order valence-electron chi connectivity index (χ2n) is 3.90. The molecule has 0 aliphatic heterocycles. The van der Waals surface area contributed by atoms with E-state index in [1.54, 1.807) is 0 Å². The van der Waals surface area contributed by atoms with Crippen LogP contribution in [-0.4, -0.2) is 10.8 Å². The SMILES string of the molecule is O=C(Nc1cc([N+](=O)[O-])ccc1[O-])c1cccc(F)c1. The molecule has 0 aromatic heterocycles. The zero-order valence-corrected chi connectivity index (χ0v) is 10.00. The Kier molecular flexibility index (Phi) is 3.60. The molecule has 0 aliphatic carbocycles. The largest absolute Gasteiger partial charge is 0.871 e. The Hall–Kier alpha value is -2.96. The number of carbonyl (C=O) groups is 1. The summed E-state index contributed by atoms with van der Waals surface area (Å²) in [6.07, 6.45) is 0. The number of hydrogen-bond donors (Lipinski definition) is 1. The fourth-order valence-corrected chi connectivity index (χ4v) is 1.55. The van der Waals surface area contributed by atoms with Gasteiger partial charge in [-0.3, -0.25) is 14.9 Å². The van der Waals surface area contributed by atoms with Gasteiger partial charge in [-0.05, 0) is 18.2 Å². The van der Waals surface area contributed by atoms with Crippen LogP contribution < -0.4 is 10.4 Å². The summed E-state index contributed by atoms with van der Waals surface area (Å²) in [6.45, 7) is 0. The minimum absolute atomic E-state index is 0.0101. The zero-order chi connectivity index (χ0) is 14.7. The molecule has 1 amide bonds. The molecule has 2 aromatic carbocycles. The number of nitro benzene ring substituents is 1. The molecule has 7 heteroatoms. The van der Waals surface area contributed by atoms with Gasteiger partial charge in [-0.15, -0.1) is 0 Å². The van der Waals surface area contributed by atoms with Gasteiger partial charge in [0.1, 0.15) is 5.82 Å². The number of hydrogen-bond acceptors (Lipinski definition) is 4. The van der Waals surface area contributed by atoms with Gasteiger partial charge < -0.3 is 10.4 Å². The van der Waals surface area contributed by atoms with Crippen LogP contribution in [0.2, 0.25) is 0 Å².